The van der Waals surface area contributed by atoms with E-state index in [0.717, 1.165) is 5.69 Å². The Labute approximate surface area is 105 Å². The molecule has 1 aromatic heterocycles. The van der Waals surface area contributed by atoms with E-state index in [1.165, 1.54) is 12.8 Å². The zero-order valence-corrected chi connectivity index (χ0v) is 10.2. The number of aliphatic hydroxyl groups excluding tert-OH is 1. The van der Waals surface area contributed by atoms with Crippen LogP contribution in [-0.4, -0.2) is 50.2 Å². The second kappa shape index (κ2) is 4.56. The van der Waals surface area contributed by atoms with Crippen LogP contribution < -0.4 is 5.73 Å². The van der Waals surface area contributed by atoms with Gasteiger partial charge in [0.25, 0.3) is 0 Å². The molecule has 0 bridgehead atoms. The van der Waals surface area contributed by atoms with Gasteiger partial charge in [-0.2, -0.15) is 0 Å². The Hall–Kier alpha value is -1.63. The number of hydrogen-bond donors (Lipinski definition) is 2. The fraction of sp³-hybridized carbons (Fsp3) is 0.727. The number of nitrogens with two attached hydrogens (primary N) is 1. The van der Waals surface area contributed by atoms with Crippen LogP contribution >= 0.6 is 0 Å². The summed E-state index contributed by atoms with van der Waals surface area (Å²) in [6.45, 7) is 1.53. The number of aromatic nitrogens is 3. The average molecular weight is 250 g/mol. The molecule has 98 valence electrons. The normalized spacial score (nSPS) is 23.5. The van der Waals surface area contributed by atoms with Gasteiger partial charge in [0.1, 0.15) is 5.69 Å². The van der Waals surface area contributed by atoms with Crippen molar-refractivity contribution < 1.29 is 5.11 Å². The molecule has 1 fully saturated rings. The molecule has 0 amide bonds. The van der Waals surface area contributed by atoms with Gasteiger partial charge in [0.2, 0.25) is 0 Å². The SMILES string of the molecule is NC1=NCC(c2cn(CCCO)nn2)N1C1CC1. The highest BCUT2D eigenvalue weighted by atomic mass is 16.3. The van der Waals surface area contributed by atoms with Gasteiger partial charge in [-0.1, -0.05) is 5.21 Å². The maximum atomic E-state index is 8.80. The van der Waals surface area contributed by atoms with Crippen LogP contribution in [-0.2, 0) is 6.54 Å². The third-order valence-corrected chi connectivity index (χ3v) is 3.41. The minimum absolute atomic E-state index is 0.139. The highest BCUT2D eigenvalue weighted by molar-refractivity contribution is 5.81. The lowest BCUT2D eigenvalue weighted by molar-refractivity contribution is 0.276. The molecule has 3 N–H and O–H groups in total. The van der Waals surface area contributed by atoms with Crippen molar-refractivity contribution in [3.8, 4) is 0 Å². The molecule has 1 aliphatic carbocycles. The molecule has 1 aromatic rings. The highest BCUT2D eigenvalue weighted by Crippen LogP contribution is 2.36. The zero-order valence-electron chi connectivity index (χ0n) is 10.2. The van der Waals surface area contributed by atoms with Crippen molar-refractivity contribution in [1.29, 1.82) is 0 Å². The van der Waals surface area contributed by atoms with Crippen LogP contribution in [0.5, 0.6) is 0 Å². The predicted octanol–water partition coefficient (Wildman–Crippen LogP) is -0.506. The van der Waals surface area contributed by atoms with Crippen LogP contribution in [0.1, 0.15) is 31.0 Å². The van der Waals surface area contributed by atoms with E-state index in [0.29, 0.717) is 31.5 Å². The summed E-state index contributed by atoms with van der Waals surface area (Å²) in [5.41, 5.74) is 6.84. The summed E-state index contributed by atoms with van der Waals surface area (Å²) in [5, 5.41) is 17.1. The molecular weight excluding hydrogens is 232 g/mol. The number of aryl methyl sites for hydroxylation is 1. The van der Waals surface area contributed by atoms with Crippen molar-refractivity contribution >= 4 is 5.96 Å². The second-order valence-corrected chi connectivity index (χ2v) is 4.84. The fourth-order valence-electron chi connectivity index (χ4n) is 2.35. The van der Waals surface area contributed by atoms with Gasteiger partial charge in [0, 0.05) is 19.2 Å². The summed E-state index contributed by atoms with van der Waals surface area (Å²) < 4.78 is 1.77. The van der Waals surface area contributed by atoms with Gasteiger partial charge in [-0.05, 0) is 19.3 Å². The lowest BCUT2D eigenvalue weighted by Gasteiger charge is -2.24. The van der Waals surface area contributed by atoms with E-state index in [1.54, 1.807) is 4.68 Å². The van der Waals surface area contributed by atoms with E-state index in [4.69, 9.17) is 10.8 Å². The van der Waals surface area contributed by atoms with Crippen molar-refractivity contribution in [3.63, 3.8) is 0 Å². The molecule has 7 heteroatoms. The number of nitrogens with zero attached hydrogens (tertiary/aromatic N) is 5. The number of guanidine groups is 1. The quantitative estimate of drug-likeness (QED) is 0.734. The van der Waals surface area contributed by atoms with Gasteiger partial charge < -0.3 is 15.7 Å². The number of rotatable bonds is 5. The van der Waals surface area contributed by atoms with Gasteiger partial charge in [-0.25, -0.2) is 0 Å². The summed E-state index contributed by atoms with van der Waals surface area (Å²) >= 11 is 0. The zero-order chi connectivity index (χ0) is 12.5. The lowest BCUT2D eigenvalue weighted by atomic mass is 10.2. The highest BCUT2D eigenvalue weighted by Gasteiger charge is 2.40. The van der Waals surface area contributed by atoms with Gasteiger partial charge >= 0.3 is 0 Å². The lowest BCUT2D eigenvalue weighted by Crippen LogP contribution is -2.37. The Bertz CT molecular complexity index is 452. The Morgan fingerprint density at radius 1 is 1.44 bits per heavy atom. The molecule has 1 unspecified atom stereocenters. The standard InChI is InChI=1S/C11H18N6O/c12-11-13-6-10(17(11)8-2-3-8)9-7-16(15-14-9)4-1-5-18/h7-8,10,18H,1-6H2,(H2,12,13). The van der Waals surface area contributed by atoms with Crippen LogP contribution in [0.15, 0.2) is 11.2 Å². The molecule has 2 heterocycles. The molecule has 1 atom stereocenters. The van der Waals surface area contributed by atoms with Crippen LogP contribution in [0.3, 0.4) is 0 Å². The summed E-state index contributed by atoms with van der Waals surface area (Å²) in [7, 11) is 0. The Balaban J connectivity index is 1.72. The van der Waals surface area contributed by atoms with E-state index < -0.39 is 0 Å². The van der Waals surface area contributed by atoms with Gasteiger partial charge in [-0.15, -0.1) is 5.10 Å². The second-order valence-electron chi connectivity index (χ2n) is 4.84. The Kier molecular flexibility index (Phi) is 2.91. The fourth-order valence-corrected chi connectivity index (χ4v) is 2.35. The summed E-state index contributed by atoms with van der Waals surface area (Å²) in [5.74, 6) is 0.632. The van der Waals surface area contributed by atoms with Crippen LogP contribution in [0.25, 0.3) is 0 Å². The predicted molar refractivity (Wildman–Crippen MR) is 65.8 cm³/mol. The van der Waals surface area contributed by atoms with Crippen LogP contribution in [0, 0.1) is 0 Å². The molecule has 1 saturated carbocycles. The average Bonchev–Trinajstić information content (AvgIpc) is 2.97. The van der Waals surface area contributed by atoms with Crippen molar-refractivity contribution in [1.82, 2.24) is 19.9 Å². The van der Waals surface area contributed by atoms with E-state index in [1.807, 2.05) is 6.20 Å². The van der Waals surface area contributed by atoms with Crippen molar-refractivity contribution in [2.24, 2.45) is 10.7 Å². The maximum absolute atomic E-state index is 8.80. The van der Waals surface area contributed by atoms with E-state index >= 15 is 0 Å². The van der Waals surface area contributed by atoms with Gasteiger partial charge in [-0.3, -0.25) is 9.67 Å². The molecule has 7 nitrogen and oxygen atoms in total. The minimum Gasteiger partial charge on any atom is -0.396 e. The number of aliphatic hydroxyl groups is 1. The van der Waals surface area contributed by atoms with Crippen molar-refractivity contribution in [2.45, 2.75) is 37.9 Å². The van der Waals surface area contributed by atoms with Crippen LogP contribution in [0.2, 0.25) is 0 Å². The molecule has 18 heavy (non-hydrogen) atoms. The molecule has 2 aliphatic rings. The smallest absolute Gasteiger partial charge is 0.192 e. The first-order chi connectivity index (χ1) is 8.79. The number of hydrogen-bond acceptors (Lipinski definition) is 6. The third-order valence-electron chi connectivity index (χ3n) is 3.41. The summed E-state index contributed by atoms with van der Waals surface area (Å²) in [6, 6.07) is 0.671. The molecule has 3 rings (SSSR count). The molecule has 0 spiro atoms. The first-order valence-electron chi connectivity index (χ1n) is 6.38. The molecule has 0 aromatic carbocycles. The maximum Gasteiger partial charge on any atom is 0.192 e. The monoisotopic (exact) mass is 250 g/mol. The largest absolute Gasteiger partial charge is 0.396 e. The van der Waals surface area contributed by atoms with Crippen molar-refractivity contribution in [2.75, 3.05) is 13.2 Å². The number of aliphatic imine (C=N–C) groups is 1. The molecule has 0 saturated heterocycles. The third kappa shape index (κ3) is 2.05. The van der Waals surface area contributed by atoms with Gasteiger partial charge in [0.15, 0.2) is 5.96 Å². The van der Waals surface area contributed by atoms with E-state index in [9.17, 15) is 0 Å². The molecular formula is C11H18N6O. The Morgan fingerprint density at radius 3 is 3.00 bits per heavy atom. The van der Waals surface area contributed by atoms with E-state index in [2.05, 4.69) is 20.2 Å². The first kappa shape index (κ1) is 11.5. The first-order valence-corrected chi connectivity index (χ1v) is 6.38. The van der Waals surface area contributed by atoms with Crippen LogP contribution in [0.4, 0.5) is 0 Å². The molecule has 0 radical (unpaired) electrons. The summed E-state index contributed by atoms with van der Waals surface area (Å²) in [4.78, 5) is 6.48. The minimum atomic E-state index is 0.139. The van der Waals surface area contributed by atoms with E-state index in [-0.39, 0.29) is 12.6 Å². The summed E-state index contributed by atoms with van der Waals surface area (Å²) in [6.07, 6.45) is 5.00. The topological polar surface area (TPSA) is 92.6 Å². The van der Waals surface area contributed by atoms with Crippen molar-refractivity contribution in [3.05, 3.63) is 11.9 Å². The van der Waals surface area contributed by atoms with Gasteiger partial charge in [0.05, 0.1) is 18.8 Å². The Morgan fingerprint density at radius 2 is 2.28 bits per heavy atom. The molecule has 1 aliphatic heterocycles.